The first-order valence-corrected chi connectivity index (χ1v) is 17.3. The number of benzene rings is 3. The number of aromatic nitrogens is 4. The van der Waals surface area contributed by atoms with E-state index in [0.29, 0.717) is 35.1 Å². The molecule has 0 saturated heterocycles. The Bertz CT molecular complexity index is 2230. The number of anilines is 4. The Morgan fingerprint density at radius 2 is 1.53 bits per heavy atom. The molecule has 0 bridgehead atoms. The monoisotopic (exact) mass is 805 g/mol. The first kappa shape index (κ1) is 39.7. The number of carboxylic acid groups (broad SMARTS) is 1. The molecular formula is C37H31ClF3N9O7. The van der Waals surface area contributed by atoms with Crippen molar-refractivity contribution in [3.8, 4) is 17.5 Å². The lowest BCUT2D eigenvalue weighted by atomic mass is 10.1. The van der Waals surface area contributed by atoms with Crippen LogP contribution < -0.4 is 36.1 Å². The number of carbonyl (C=O) groups is 4. The number of amides is 3. The maximum Gasteiger partial charge on any atom is 0.422 e. The van der Waals surface area contributed by atoms with Crippen molar-refractivity contribution in [3.05, 3.63) is 113 Å². The van der Waals surface area contributed by atoms with Crippen LogP contribution in [-0.2, 0) is 19.9 Å². The molecule has 3 aromatic carbocycles. The summed E-state index contributed by atoms with van der Waals surface area (Å²) in [5, 5.41) is 23.1. The summed E-state index contributed by atoms with van der Waals surface area (Å²) in [5.74, 6) is -3.83. The zero-order chi connectivity index (χ0) is 40.6. The van der Waals surface area contributed by atoms with Crippen molar-refractivity contribution in [3.63, 3.8) is 0 Å². The van der Waals surface area contributed by atoms with Gasteiger partial charge in [0.1, 0.15) is 17.5 Å². The summed E-state index contributed by atoms with van der Waals surface area (Å²) < 4.78 is 49.3. The van der Waals surface area contributed by atoms with Gasteiger partial charge in [0, 0.05) is 34.7 Å². The summed E-state index contributed by atoms with van der Waals surface area (Å²) in [6, 6.07) is 19.8. The second-order valence-electron chi connectivity index (χ2n) is 12.4. The Morgan fingerprint density at radius 1 is 0.842 bits per heavy atom. The van der Waals surface area contributed by atoms with Crippen LogP contribution in [0.2, 0.25) is 5.02 Å². The van der Waals surface area contributed by atoms with E-state index in [1.807, 2.05) is 12.1 Å². The molecule has 20 heteroatoms. The second-order valence-corrected chi connectivity index (χ2v) is 12.9. The highest BCUT2D eigenvalue weighted by molar-refractivity contribution is 6.39. The molecule has 0 spiro atoms. The van der Waals surface area contributed by atoms with Crippen LogP contribution in [0.4, 0.5) is 36.4 Å². The number of pyridine rings is 1. The number of halogens is 4. The molecule has 2 heterocycles. The Kier molecular flexibility index (Phi) is 12.0. The molecule has 1 fully saturated rings. The van der Waals surface area contributed by atoms with Crippen LogP contribution in [0, 0.1) is 0 Å². The minimum absolute atomic E-state index is 0.0117. The average molecular weight is 806 g/mol. The van der Waals surface area contributed by atoms with Gasteiger partial charge in [0.25, 0.3) is 5.91 Å². The quantitative estimate of drug-likeness (QED) is 0.0728. The maximum atomic E-state index is 13.0. The van der Waals surface area contributed by atoms with Crippen molar-refractivity contribution in [1.82, 2.24) is 30.6 Å². The minimum atomic E-state index is -4.66. The van der Waals surface area contributed by atoms with E-state index in [1.165, 1.54) is 42.6 Å². The van der Waals surface area contributed by atoms with Crippen LogP contribution >= 0.6 is 11.6 Å². The van der Waals surface area contributed by atoms with E-state index in [9.17, 15) is 37.5 Å². The molecule has 1 atom stereocenters. The van der Waals surface area contributed by atoms with Crippen LogP contribution in [0.1, 0.15) is 28.8 Å². The van der Waals surface area contributed by atoms with Gasteiger partial charge in [0.2, 0.25) is 11.9 Å². The topological polar surface area (TPSA) is 219 Å². The molecule has 6 N–H and O–H groups in total. The number of hydrogen-bond acceptors (Lipinski definition) is 12. The van der Waals surface area contributed by atoms with E-state index >= 15 is 0 Å². The molecule has 2 aromatic heterocycles. The number of rotatable bonds is 15. The molecule has 0 unspecified atom stereocenters. The van der Waals surface area contributed by atoms with Crippen molar-refractivity contribution in [2.24, 2.45) is 0 Å². The van der Waals surface area contributed by atoms with E-state index in [-0.39, 0.29) is 23.1 Å². The van der Waals surface area contributed by atoms with Crippen LogP contribution in [0.3, 0.4) is 0 Å². The largest absolute Gasteiger partial charge is 0.480 e. The summed E-state index contributed by atoms with van der Waals surface area (Å²) in [6.07, 6.45) is -0.164. The lowest BCUT2D eigenvalue weighted by Gasteiger charge is -2.19. The zero-order valence-corrected chi connectivity index (χ0v) is 30.1. The van der Waals surface area contributed by atoms with Crippen LogP contribution in [0.5, 0.6) is 17.5 Å². The Hall–Kier alpha value is -7.02. The molecular weight excluding hydrogens is 775 g/mol. The van der Waals surface area contributed by atoms with Gasteiger partial charge < -0.3 is 41.2 Å². The fourth-order valence-electron chi connectivity index (χ4n) is 5.16. The Labute approximate surface area is 326 Å². The zero-order valence-electron chi connectivity index (χ0n) is 29.3. The van der Waals surface area contributed by atoms with Crippen molar-refractivity contribution in [2.75, 3.05) is 29.1 Å². The summed E-state index contributed by atoms with van der Waals surface area (Å²) >= 11 is 6.02. The van der Waals surface area contributed by atoms with E-state index in [0.717, 1.165) is 5.56 Å². The molecule has 3 amide bonds. The summed E-state index contributed by atoms with van der Waals surface area (Å²) in [5.41, 5.74) is 0.870. The third-order valence-corrected chi connectivity index (χ3v) is 8.39. The fraction of sp³-hybridized carbons (Fsp3) is 0.189. The highest BCUT2D eigenvalue weighted by atomic mass is 35.5. The number of nitrogens with zero attached hydrogens (tertiary/aromatic N) is 4. The van der Waals surface area contributed by atoms with E-state index in [2.05, 4.69) is 46.5 Å². The first-order chi connectivity index (χ1) is 27.2. The first-order valence-electron chi connectivity index (χ1n) is 16.9. The fourth-order valence-corrected chi connectivity index (χ4v) is 5.29. The van der Waals surface area contributed by atoms with Gasteiger partial charge >= 0.3 is 30.0 Å². The smallest absolute Gasteiger partial charge is 0.422 e. The van der Waals surface area contributed by atoms with E-state index < -0.39 is 60.6 Å². The molecule has 1 aliphatic rings. The molecule has 16 nitrogen and oxygen atoms in total. The average Bonchev–Trinajstić information content (AvgIpc) is 3.96. The second kappa shape index (κ2) is 17.2. The summed E-state index contributed by atoms with van der Waals surface area (Å²) in [4.78, 5) is 66.0. The molecule has 294 valence electrons. The minimum Gasteiger partial charge on any atom is -0.480 e. The van der Waals surface area contributed by atoms with Gasteiger partial charge in [-0.05, 0) is 91.2 Å². The Balaban J connectivity index is 1.04. The molecule has 57 heavy (non-hydrogen) atoms. The number of hydrogen-bond donors (Lipinski definition) is 6. The normalized spacial score (nSPS) is 13.3. The molecule has 0 aliphatic heterocycles. The van der Waals surface area contributed by atoms with Crippen LogP contribution in [0.25, 0.3) is 0 Å². The number of carbonyl (C=O) groups excluding carboxylic acids is 3. The number of ether oxygens (including phenoxy) is 2. The predicted molar refractivity (Wildman–Crippen MR) is 198 cm³/mol. The molecule has 0 radical (unpaired) electrons. The third-order valence-electron chi connectivity index (χ3n) is 8.14. The van der Waals surface area contributed by atoms with Gasteiger partial charge in [-0.15, -0.1) is 0 Å². The van der Waals surface area contributed by atoms with Gasteiger partial charge in [-0.25, -0.2) is 4.79 Å². The van der Waals surface area contributed by atoms with Gasteiger partial charge in [0.15, 0.2) is 6.61 Å². The SMILES string of the molecule is O=C(NC[C@H](NC(=O)c1ccc(Nc2nc(NC3(c4ccc(Cl)cc4)CC3)nc(OCC(F)(F)F)n2)cc1)C(=O)O)C(=O)Nc1ccc(Oc2cccnc2)cc1. The van der Waals surface area contributed by atoms with Crippen LogP contribution in [0.15, 0.2) is 97.3 Å². The Morgan fingerprint density at radius 3 is 2.16 bits per heavy atom. The molecule has 6 rings (SSSR count). The number of alkyl halides is 3. The summed E-state index contributed by atoms with van der Waals surface area (Å²) in [6.45, 7) is -2.27. The number of nitrogens with one attached hydrogen (secondary N) is 5. The summed E-state index contributed by atoms with van der Waals surface area (Å²) in [7, 11) is 0. The highest BCUT2D eigenvalue weighted by Crippen LogP contribution is 2.48. The van der Waals surface area contributed by atoms with E-state index in [4.69, 9.17) is 21.1 Å². The van der Waals surface area contributed by atoms with Crippen molar-refractivity contribution >= 4 is 58.6 Å². The van der Waals surface area contributed by atoms with Crippen molar-refractivity contribution in [1.29, 1.82) is 0 Å². The molecule has 1 saturated carbocycles. The highest BCUT2D eigenvalue weighted by Gasteiger charge is 2.45. The van der Waals surface area contributed by atoms with Crippen molar-refractivity contribution < 1.29 is 46.9 Å². The lowest BCUT2D eigenvalue weighted by Crippen LogP contribution is -2.50. The standard InChI is InChI=1S/C37H31ClF3N9O7/c38-23-7-5-22(6-8-23)36(15-16-36)50-34-47-33(48-35(49-34)56-20-37(39,40)41)45-25-9-3-21(4-10-25)29(51)46-28(32(54)55)19-43-30(52)31(53)44-24-11-13-26(14-12-24)57-27-2-1-17-42-18-27/h1-14,17-18,28H,15-16,19-20H2,(H,43,52)(H,44,53)(H,46,51)(H,54,55)(H2,45,47,48,49,50)/t28-/m0/s1. The molecule has 5 aromatic rings. The van der Waals surface area contributed by atoms with Gasteiger partial charge in [-0.1, -0.05) is 23.7 Å². The van der Waals surface area contributed by atoms with Gasteiger partial charge in [-0.2, -0.15) is 28.1 Å². The number of carboxylic acids is 1. The molecule has 1 aliphatic carbocycles. The van der Waals surface area contributed by atoms with Crippen LogP contribution in [-0.4, -0.2) is 74.1 Å². The third kappa shape index (κ3) is 11.3. The number of aliphatic carboxylic acids is 1. The van der Waals surface area contributed by atoms with Crippen molar-refractivity contribution in [2.45, 2.75) is 30.6 Å². The van der Waals surface area contributed by atoms with Gasteiger partial charge in [0.05, 0.1) is 11.7 Å². The predicted octanol–water partition coefficient (Wildman–Crippen LogP) is 5.44. The van der Waals surface area contributed by atoms with E-state index in [1.54, 1.807) is 42.6 Å². The maximum absolute atomic E-state index is 13.0. The van der Waals surface area contributed by atoms with Gasteiger partial charge in [-0.3, -0.25) is 19.4 Å². The lowest BCUT2D eigenvalue weighted by molar-refractivity contribution is -0.154.